The van der Waals surface area contributed by atoms with Gasteiger partial charge >= 0.3 is 11.9 Å². The molecule has 0 aliphatic rings. The number of hydrogen-bond acceptors (Lipinski definition) is 5. The van der Waals surface area contributed by atoms with Gasteiger partial charge in [0, 0.05) is 19.4 Å². The standard InChI is InChI=1S/C10H22O3.C6H10O4/c1-8(2)6-12-10(4)7-13-9(3)5-11;7-5(8)3-1-2-4-6(9)10/h8-11H,5-7H2,1-4H3;1-4H2,(H,7,8)(H,9,10). The summed E-state index contributed by atoms with van der Waals surface area (Å²) in [6.07, 6.45) is 1.03. The monoisotopic (exact) mass is 336 g/mol. The maximum absolute atomic E-state index is 9.90. The molecule has 0 radical (unpaired) electrons. The van der Waals surface area contributed by atoms with Gasteiger partial charge in [0.15, 0.2) is 0 Å². The average Bonchev–Trinajstić information content (AvgIpc) is 2.47. The number of carboxylic acid groups (broad SMARTS) is 2. The summed E-state index contributed by atoms with van der Waals surface area (Å²) in [5, 5.41) is 25.0. The van der Waals surface area contributed by atoms with Gasteiger partial charge in [0.2, 0.25) is 0 Å². The minimum absolute atomic E-state index is 0.0628. The van der Waals surface area contributed by atoms with Crippen molar-refractivity contribution in [2.24, 2.45) is 5.92 Å². The molecular weight excluding hydrogens is 304 g/mol. The zero-order valence-corrected chi connectivity index (χ0v) is 14.7. The Hall–Kier alpha value is -1.18. The lowest BCUT2D eigenvalue weighted by molar-refractivity contribution is -0.139. The van der Waals surface area contributed by atoms with Gasteiger partial charge < -0.3 is 24.8 Å². The van der Waals surface area contributed by atoms with E-state index in [9.17, 15) is 9.59 Å². The Kier molecular flexibility index (Phi) is 16.4. The second kappa shape index (κ2) is 15.7. The Labute approximate surface area is 138 Å². The van der Waals surface area contributed by atoms with Gasteiger partial charge in [-0.25, -0.2) is 0 Å². The van der Waals surface area contributed by atoms with Crippen LogP contribution in [0.3, 0.4) is 0 Å². The van der Waals surface area contributed by atoms with Crippen LogP contribution < -0.4 is 0 Å². The van der Waals surface area contributed by atoms with E-state index in [2.05, 4.69) is 13.8 Å². The molecule has 23 heavy (non-hydrogen) atoms. The third-order valence-electron chi connectivity index (χ3n) is 2.62. The molecule has 0 aliphatic carbocycles. The molecule has 2 atom stereocenters. The van der Waals surface area contributed by atoms with Gasteiger partial charge in [0.05, 0.1) is 25.4 Å². The normalized spacial score (nSPS) is 13.1. The predicted molar refractivity (Wildman–Crippen MR) is 86.5 cm³/mol. The number of hydrogen-bond donors (Lipinski definition) is 3. The highest BCUT2D eigenvalue weighted by Crippen LogP contribution is 2.00. The smallest absolute Gasteiger partial charge is 0.303 e. The quantitative estimate of drug-likeness (QED) is 0.468. The molecule has 0 bridgehead atoms. The van der Waals surface area contributed by atoms with Gasteiger partial charge in [0.1, 0.15) is 0 Å². The largest absolute Gasteiger partial charge is 0.481 e. The van der Waals surface area contributed by atoms with Crippen molar-refractivity contribution >= 4 is 11.9 Å². The lowest BCUT2D eigenvalue weighted by Gasteiger charge is -2.17. The second-order valence-electron chi connectivity index (χ2n) is 5.86. The number of rotatable bonds is 12. The maximum atomic E-state index is 9.90. The third kappa shape index (κ3) is 23.2. The van der Waals surface area contributed by atoms with E-state index in [0.717, 1.165) is 6.61 Å². The molecule has 0 aromatic rings. The highest BCUT2D eigenvalue weighted by molar-refractivity contribution is 5.67. The molecule has 0 aromatic heterocycles. The van der Waals surface area contributed by atoms with E-state index in [1.165, 1.54) is 0 Å². The molecule has 0 spiro atoms. The Morgan fingerprint density at radius 2 is 1.26 bits per heavy atom. The van der Waals surface area contributed by atoms with Crippen molar-refractivity contribution in [2.75, 3.05) is 19.8 Å². The number of carbonyl (C=O) groups is 2. The molecule has 3 N–H and O–H groups in total. The van der Waals surface area contributed by atoms with Gasteiger partial charge in [-0.15, -0.1) is 0 Å². The molecule has 0 fully saturated rings. The van der Waals surface area contributed by atoms with E-state index >= 15 is 0 Å². The van der Waals surface area contributed by atoms with Crippen molar-refractivity contribution < 1.29 is 34.4 Å². The lowest BCUT2D eigenvalue weighted by Crippen LogP contribution is -2.23. The number of carboxylic acids is 2. The van der Waals surface area contributed by atoms with Crippen molar-refractivity contribution in [3.05, 3.63) is 0 Å². The molecular formula is C16H32O7. The van der Waals surface area contributed by atoms with Crippen LogP contribution in [0.15, 0.2) is 0 Å². The van der Waals surface area contributed by atoms with Crippen LogP contribution in [-0.2, 0) is 19.1 Å². The Morgan fingerprint density at radius 1 is 0.826 bits per heavy atom. The molecule has 0 aliphatic heterocycles. The number of ether oxygens (including phenoxy) is 2. The molecule has 7 nitrogen and oxygen atoms in total. The molecule has 0 saturated heterocycles. The molecule has 0 heterocycles. The second-order valence-corrected chi connectivity index (χ2v) is 5.86. The highest BCUT2D eigenvalue weighted by Gasteiger charge is 2.06. The molecule has 0 saturated carbocycles. The molecule has 0 amide bonds. The SMILES string of the molecule is CC(C)COC(C)COC(C)CO.O=C(O)CCCCC(=O)O. The van der Waals surface area contributed by atoms with E-state index in [-0.39, 0.29) is 31.7 Å². The van der Waals surface area contributed by atoms with E-state index in [1.807, 2.05) is 13.8 Å². The third-order valence-corrected chi connectivity index (χ3v) is 2.62. The van der Waals surface area contributed by atoms with Gasteiger partial charge in [0.25, 0.3) is 0 Å². The molecule has 7 heteroatoms. The van der Waals surface area contributed by atoms with Gasteiger partial charge in [-0.2, -0.15) is 0 Å². The van der Waals surface area contributed by atoms with Gasteiger partial charge in [-0.1, -0.05) is 13.8 Å². The number of unbranched alkanes of at least 4 members (excludes halogenated alkanes) is 1. The molecule has 0 aromatic carbocycles. The zero-order valence-electron chi connectivity index (χ0n) is 14.7. The van der Waals surface area contributed by atoms with Crippen LogP contribution in [0, 0.1) is 5.92 Å². The van der Waals surface area contributed by atoms with Crippen LogP contribution in [0.5, 0.6) is 0 Å². The summed E-state index contributed by atoms with van der Waals surface area (Å²) in [5.41, 5.74) is 0. The molecule has 138 valence electrons. The van der Waals surface area contributed by atoms with Crippen LogP contribution >= 0.6 is 0 Å². The maximum Gasteiger partial charge on any atom is 0.303 e. The summed E-state index contributed by atoms with van der Waals surface area (Å²) >= 11 is 0. The minimum Gasteiger partial charge on any atom is -0.481 e. The van der Waals surface area contributed by atoms with E-state index in [4.69, 9.17) is 24.8 Å². The number of aliphatic hydroxyl groups excluding tert-OH is 1. The van der Waals surface area contributed by atoms with Crippen molar-refractivity contribution in [3.63, 3.8) is 0 Å². The first-order valence-electron chi connectivity index (χ1n) is 7.96. The first-order chi connectivity index (χ1) is 10.7. The van der Waals surface area contributed by atoms with Gasteiger partial charge in [-0.05, 0) is 32.6 Å². The van der Waals surface area contributed by atoms with Gasteiger partial charge in [-0.3, -0.25) is 9.59 Å². The Balaban J connectivity index is 0. The van der Waals surface area contributed by atoms with Crippen molar-refractivity contribution in [1.29, 1.82) is 0 Å². The van der Waals surface area contributed by atoms with Crippen molar-refractivity contribution in [2.45, 2.75) is 65.6 Å². The number of aliphatic carboxylic acids is 2. The fraction of sp³-hybridized carbons (Fsp3) is 0.875. The van der Waals surface area contributed by atoms with E-state index in [0.29, 0.717) is 25.4 Å². The topological polar surface area (TPSA) is 113 Å². The Morgan fingerprint density at radius 3 is 1.61 bits per heavy atom. The summed E-state index contributed by atoms with van der Waals surface area (Å²) in [6, 6.07) is 0. The summed E-state index contributed by atoms with van der Waals surface area (Å²) in [4.78, 5) is 19.8. The minimum atomic E-state index is -0.870. The summed E-state index contributed by atoms with van der Waals surface area (Å²) in [5.74, 6) is -1.19. The Bertz CT molecular complexity index is 289. The summed E-state index contributed by atoms with van der Waals surface area (Å²) in [7, 11) is 0. The van der Waals surface area contributed by atoms with E-state index in [1.54, 1.807) is 0 Å². The summed E-state index contributed by atoms with van der Waals surface area (Å²) < 4.78 is 10.8. The van der Waals surface area contributed by atoms with Crippen molar-refractivity contribution in [1.82, 2.24) is 0 Å². The molecule has 2 unspecified atom stereocenters. The first kappa shape index (κ1) is 24.1. The highest BCUT2D eigenvalue weighted by atomic mass is 16.5. The van der Waals surface area contributed by atoms with Crippen LogP contribution in [0.25, 0.3) is 0 Å². The fourth-order valence-electron chi connectivity index (χ4n) is 1.31. The van der Waals surface area contributed by atoms with Crippen LogP contribution in [0.4, 0.5) is 0 Å². The average molecular weight is 336 g/mol. The van der Waals surface area contributed by atoms with E-state index < -0.39 is 11.9 Å². The lowest BCUT2D eigenvalue weighted by atomic mass is 10.2. The number of aliphatic hydroxyl groups is 1. The zero-order chi connectivity index (χ0) is 18.3. The molecule has 0 rings (SSSR count). The predicted octanol–water partition coefficient (Wildman–Crippen LogP) is 2.16. The summed E-state index contributed by atoms with van der Waals surface area (Å²) in [6.45, 7) is 9.43. The first-order valence-corrected chi connectivity index (χ1v) is 7.96. The van der Waals surface area contributed by atoms with Crippen LogP contribution in [0.2, 0.25) is 0 Å². The van der Waals surface area contributed by atoms with Crippen LogP contribution in [-0.4, -0.2) is 59.3 Å². The van der Waals surface area contributed by atoms with Crippen molar-refractivity contribution in [3.8, 4) is 0 Å². The fourth-order valence-corrected chi connectivity index (χ4v) is 1.31. The van der Waals surface area contributed by atoms with Crippen LogP contribution in [0.1, 0.15) is 53.4 Å².